The third-order valence-electron chi connectivity index (χ3n) is 17.9. The van der Waals surface area contributed by atoms with Crippen molar-refractivity contribution in [2.75, 3.05) is 14.2 Å². The molecule has 3 saturated carbocycles. The first-order valence-electron chi connectivity index (χ1n) is 26.2. The van der Waals surface area contributed by atoms with Crippen LogP contribution < -0.4 is 10.6 Å². The lowest BCUT2D eigenvalue weighted by Gasteiger charge is -2.43. The number of rotatable bonds is 12. The maximum Gasteiger partial charge on any atom is 0.407 e. The lowest BCUT2D eigenvalue weighted by molar-refractivity contribution is -0.142. The number of imidazole rings is 2. The number of piperidine rings is 2. The highest BCUT2D eigenvalue weighted by Crippen LogP contribution is 2.61. The number of amides is 4. The zero-order valence-corrected chi connectivity index (χ0v) is 41.4. The molecule has 14 heteroatoms. The number of aromatic nitrogens is 4. The smallest absolute Gasteiger partial charge is 0.407 e. The average Bonchev–Trinajstić information content (AvgIpc) is 4.23. The van der Waals surface area contributed by atoms with Gasteiger partial charge in [-0.25, -0.2) is 19.6 Å². The van der Waals surface area contributed by atoms with Crippen LogP contribution in [0.5, 0.6) is 0 Å². The first-order chi connectivity index (χ1) is 33.4. The summed E-state index contributed by atoms with van der Waals surface area (Å²) in [7, 11) is 2.66. The molecule has 11 rings (SSSR count). The maximum atomic E-state index is 14.4. The molecule has 2 aromatic heterocycles. The van der Waals surface area contributed by atoms with Gasteiger partial charge >= 0.3 is 12.2 Å². The van der Waals surface area contributed by atoms with Crippen LogP contribution in [0, 0.1) is 23.7 Å². The number of hydrogen-bond donors (Lipinski definition) is 4. The largest absolute Gasteiger partial charge is 0.453 e. The quantitative estimate of drug-likeness (QED) is 0.109. The highest BCUT2D eigenvalue weighted by molar-refractivity contribution is 5.88. The monoisotopic (exact) mass is 939 g/mol. The molecule has 69 heavy (non-hydrogen) atoms. The SMILES string of the molecule is CC[C@H]1CCC[C@@H](c2ncc(-c3ccc(-c4ccc(-c5cnc([C@@H]6[C@H]7CC[C@H](C7)N6C(=O)[C@@H](NC(=O)OC)C(C)C)[nH]5)c5c4C4CCC5C4)c4c3C3CCC3C4)[nH]2)N1C(=O)[C@@H](NC(=O)OC)C(C)C. The highest BCUT2D eigenvalue weighted by Gasteiger charge is 2.52. The van der Waals surface area contributed by atoms with Crippen molar-refractivity contribution in [1.29, 1.82) is 0 Å². The van der Waals surface area contributed by atoms with E-state index in [2.05, 4.69) is 51.8 Å². The number of fused-ring (bicyclic) bond motifs is 10. The molecular formula is C55H70N8O6. The van der Waals surface area contributed by atoms with E-state index in [1.807, 2.05) is 49.9 Å². The number of nitrogens with zero attached hydrogens (tertiary/aromatic N) is 4. The second-order valence-electron chi connectivity index (χ2n) is 22.1. The standard InChI is InChI=1S/C55H70N8O6/c1-8-33-10-9-11-43(62(33)52(64)47(27(2)3)60-54(66)68-6)50-56-25-42(58-50)39-20-18-36(40-24-29-15-17-35(29)46(39)40)37-19-21-38(45-31-13-12-30(22-31)44(37)45)41-26-57-51(59-41)49-32-14-16-34(23-32)63(49)53(65)48(28(4)5)61-55(67)69-7/h18-21,25-35,43,47-49H,8-17,22-24H2,1-7H3,(H,56,58)(H,57,59)(H,60,66)(H,61,67)/t29?,30?,31?,32-,33-,34+,35?,43-,47-,48-,49-/m0/s1. The molecule has 0 spiro atoms. The molecule has 5 fully saturated rings. The molecule has 14 nitrogen and oxygen atoms in total. The number of aromatic amines is 2. The summed E-state index contributed by atoms with van der Waals surface area (Å²) < 4.78 is 9.84. The number of nitrogens with one attached hydrogen (secondary N) is 4. The Morgan fingerprint density at radius 1 is 0.667 bits per heavy atom. The molecule has 2 aliphatic heterocycles. The van der Waals surface area contributed by atoms with Crippen LogP contribution in [0.2, 0.25) is 0 Å². The Morgan fingerprint density at radius 2 is 1.25 bits per heavy atom. The fourth-order valence-electron chi connectivity index (χ4n) is 14.5. The van der Waals surface area contributed by atoms with Gasteiger partial charge in [0.1, 0.15) is 23.7 Å². The van der Waals surface area contributed by atoms with Crippen molar-refractivity contribution in [3.05, 3.63) is 70.6 Å². The topological polar surface area (TPSA) is 175 Å². The van der Waals surface area contributed by atoms with Crippen molar-refractivity contribution in [3.8, 4) is 33.6 Å². The summed E-state index contributed by atoms with van der Waals surface area (Å²) in [5, 5.41) is 5.65. The van der Waals surface area contributed by atoms with Gasteiger partial charge in [-0.1, -0.05) is 58.9 Å². The van der Waals surface area contributed by atoms with Crippen molar-refractivity contribution in [1.82, 2.24) is 40.4 Å². The van der Waals surface area contributed by atoms with Crippen molar-refractivity contribution in [3.63, 3.8) is 0 Å². The first-order valence-corrected chi connectivity index (χ1v) is 26.2. The minimum Gasteiger partial charge on any atom is -0.453 e. The molecule has 4 bridgehead atoms. The number of alkyl carbamates (subject to hydrolysis) is 2. The lowest BCUT2D eigenvalue weighted by atomic mass is 9.73. The van der Waals surface area contributed by atoms with E-state index in [0.29, 0.717) is 29.6 Å². The minimum absolute atomic E-state index is 0.0488. The first kappa shape index (κ1) is 45.8. The number of hydrogen-bond acceptors (Lipinski definition) is 8. The molecule has 0 radical (unpaired) electrons. The van der Waals surface area contributed by atoms with Gasteiger partial charge in [-0.05, 0) is 158 Å². The van der Waals surface area contributed by atoms with Crippen LogP contribution in [0.4, 0.5) is 9.59 Å². The summed E-state index contributed by atoms with van der Waals surface area (Å²) in [4.78, 5) is 75.2. The number of carbonyl (C=O) groups is 4. The third-order valence-corrected chi connectivity index (χ3v) is 17.9. The molecule has 4 amide bonds. The Balaban J connectivity index is 0.918. The van der Waals surface area contributed by atoms with E-state index in [0.717, 1.165) is 74.4 Å². The van der Waals surface area contributed by atoms with E-state index in [4.69, 9.17) is 19.4 Å². The van der Waals surface area contributed by atoms with Crippen LogP contribution in [0.1, 0.15) is 175 Å². The zero-order valence-electron chi connectivity index (χ0n) is 41.4. The second kappa shape index (κ2) is 17.9. The van der Waals surface area contributed by atoms with E-state index in [1.165, 1.54) is 90.8 Å². The average molecular weight is 939 g/mol. The van der Waals surface area contributed by atoms with Crippen LogP contribution in [0.15, 0.2) is 36.7 Å². The van der Waals surface area contributed by atoms with Crippen LogP contribution in [-0.4, -0.2) is 92.1 Å². The Morgan fingerprint density at radius 3 is 1.87 bits per heavy atom. The Kier molecular flexibility index (Phi) is 11.9. The van der Waals surface area contributed by atoms with E-state index < -0.39 is 24.3 Å². The summed E-state index contributed by atoms with van der Waals surface area (Å²) >= 11 is 0. The Labute approximate surface area is 405 Å². The molecule has 366 valence electrons. The maximum absolute atomic E-state index is 14.4. The highest BCUT2D eigenvalue weighted by atomic mass is 16.5. The van der Waals surface area contributed by atoms with Crippen LogP contribution in [-0.2, 0) is 25.5 Å². The summed E-state index contributed by atoms with van der Waals surface area (Å²) in [6.07, 6.45) is 16.4. The Hall–Kier alpha value is -5.66. The number of methoxy groups -OCH3 is 2. The van der Waals surface area contributed by atoms with Gasteiger partial charge in [0, 0.05) is 23.2 Å². The van der Waals surface area contributed by atoms with Crippen molar-refractivity contribution in [2.24, 2.45) is 23.7 Å². The molecule has 11 atom stereocenters. The van der Waals surface area contributed by atoms with Gasteiger partial charge in [-0.3, -0.25) is 9.59 Å². The van der Waals surface area contributed by atoms with Crippen molar-refractivity contribution in [2.45, 2.75) is 172 Å². The molecule has 5 aliphatic carbocycles. The molecule has 4 heterocycles. The van der Waals surface area contributed by atoms with Gasteiger partial charge < -0.3 is 39.9 Å². The predicted octanol–water partition coefficient (Wildman–Crippen LogP) is 10.2. The summed E-state index contributed by atoms with van der Waals surface area (Å²) in [5.41, 5.74) is 13.1. The molecular weight excluding hydrogens is 869 g/mol. The van der Waals surface area contributed by atoms with Crippen molar-refractivity contribution >= 4 is 24.0 Å². The second-order valence-corrected chi connectivity index (χ2v) is 22.1. The van der Waals surface area contributed by atoms with Gasteiger partial charge in [-0.2, -0.15) is 0 Å². The number of likely N-dealkylation sites (tertiary alicyclic amines) is 2. The van der Waals surface area contributed by atoms with E-state index in [9.17, 15) is 19.2 Å². The van der Waals surface area contributed by atoms with E-state index >= 15 is 0 Å². The van der Waals surface area contributed by atoms with Gasteiger partial charge in [0.05, 0.1) is 50.1 Å². The molecule has 2 saturated heterocycles. The number of carbonyl (C=O) groups excluding carboxylic acids is 4. The van der Waals surface area contributed by atoms with Gasteiger partial charge in [-0.15, -0.1) is 0 Å². The van der Waals surface area contributed by atoms with Gasteiger partial charge in [0.15, 0.2) is 0 Å². The van der Waals surface area contributed by atoms with Crippen molar-refractivity contribution < 1.29 is 28.7 Å². The molecule has 7 aliphatic rings. The van der Waals surface area contributed by atoms with E-state index in [1.54, 1.807) is 0 Å². The summed E-state index contributed by atoms with van der Waals surface area (Å²) in [6, 6.07) is 7.85. The van der Waals surface area contributed by atoms with Crippen LogP contribution in [0.25, 0.3) is 33.6 Å². The fraction of sp³-hybridized carbons (Fsp3) is 0.600. The number of ether oxygens (including phenoxy) is 2. The molecule has 4 unspecified atom stereocenters. The Bertz CT molecular complexity index is 2670. The number of H-pyrrole nitrogens is 2. The normalized spacial score (nSPS) is 28.0. The minimum atomic E-state index is -0.701. The fourth-order valence-corrected chi connectivity index (χ4v) is 14.5. The predicted molar refractivity (Wildman–Crippen MR) is 262 cm³/mol. The zero-order chi connectivity index (χ0) is 48.0. The summed E-state index contributed by atoms with van der Waals surface area (Å²) in [6.45, 7) is 9.98. The lowest BCUT2D eigenvalue weighted by Crippen LogP contribution is -2.56. The van der Waals surface area contributed by atoms with Gasteiger partial charge in [0.2, 0.25) is 11.8 Å². The third kappa shape index (κ3) is 7.55. The van der Waals surface area contributed by atoms with Crippen LogP contribution in [0.3, 0.4) is 0 Å². The number of benzene rings is 2. The van der Waals surface area contributed by atoms with E-state index in [-0.39, 0.29) is 47.8 Å². The molecule has 2 aromatic carbocycles. The van der Waals surface area contributed by atoms with Gasteiger partial charge in [0.25, 0.3) is 0 Å². The molecule has 4 aromatic rings. The van der Waals surface area contributed by atoms with Crippen LogP contribution >= 0.6 is 0 Å². The summed E-state index contributed by atoms with van der Waals surface area (Å²) in [5.74, 6) is 3.78. The molecule has 4 N–H and O–H groups in total.